The molecule has 1 aromatic rings. The van der Waals surface area contributed by atoms with Gasteiger partial charge >= 0.3 is 0 Å². The molecule has 0 radical (unpaired) electrons. The molecule has 78 valence electrons. The summed E-state index contributed by atoms with van der Waals surface area (Å²) in [6.07, 6.45) is 6.71. The molecule has 0 amide bonds. The van der Waals surface area contributed by atoms with Gasteiger partial charge in [-0.15, -0.1) is 0 Å². The fourth-order valence-electron chi connectivity index (χ4n) is 1.72. The summed E-state index contributed by atoms with van der Waals surface area (Å²) < 4.78 is 0. The molecular weight excluding hydrogens is 182 g/mol. The van der Waals surface area contributed by atoms with Crippen molar-refractivity contribution >= 4 is 5.69 Å². The van der Waals surface area contributed by atoms with Gasteiger partial charge in [0, 0.05) is 11.4 Å². The number of anilines is 1. The molecule has 1 aromatic carbocycles. The molecule has 1 aliphatic carbocycles. The highest BCUT2D eigenvalue weighted by atomic mass is 14.9. The van der Waals surface area contributed by atoms with Gasteiger partial charge in [0.25, 0.3) is 0 Å². The van der Waals surface area contributed by atoms with Gasteiger partial charge < -0.3 is 5.32 Å². The molecule has 0 aromatic heterocycles. The lowest BCUT2D eigenvalue weighted by Crippen LogP contribution is -2.00. The van der Waals surface area contributed by atoms with Crippen molar-refractivity contribution < 1.29 is 0 Å². The quantitative estimate of drug-likeness (QED) is 0.780. The molecule has 0 fully saturated rings. The highest BCUT2D eigenvalue weighted by molar-refractivity contribution is 5.52. The minimum atomic E-state index is 0.580. The summed E-state index contributed by atoms with van der Waals surface area (Å²) in [7, 11) is 0. The molecule has 1 heteroatoms. The number of allylic oxidation sites excluding steroid dienone is 3. The van der Waals surface area contributed by atoms with Crippen molar-refractivity contribution in [3.8, 4) is 0 Å². The molecule has 15 heavy (non-hydrogen) atoms. The van der Waals surface area contributed by atoms with E-state index in [-0.39, 0.29) is 0 Å². The van der Waals surface area contributed by atoms with Crippen LogP contribution in [0.4, 0.5) is 5.69 Å². The van der Waals surface area contributed by atoms with Gasteiger partial charge in [-0.1, -0.05) is 44.2 Å². The molecule has 2 rings (SSSR count). The first-order valence-corrected chi connectivity index (χ1v) is 5.48. The van der Waals surface area contributed by atoms with Gasteiger partial charge in [0.05, 0.1) is 0 Å². The van der Waals surface area contributed by atoms with Crippen molar-refractivity contribution in [1.82, 2.24) is 0 Å². The van der Waals surface area contributed by atoms with Gasteiger partial charge in [-0.05, 0) is 30.0 Å². The van der Waals surface area contributed by atoms with Crippen LogP contribution in [-0.2, 0) is 0 Å². The third-order valence-corrected chi connectivity index (χ3v) is 2.70. The molecule has 1 atom stereocenters. The molecule has 0 heterocycles. The standard InChI is InChI=1S/C14H17N/c1-11(2)12-8-9-14(10-12)15-13-6-4-3-5-7-13/h3-12,15H,1-2H3. The third-order valence-electron chi connectivity index (χ3n) is 2.70. The minimum Gasteiger partial charge on any atom is -0.356 e. The van der Waals surface area contributed by atoms with E-state index in [1.165, 1.54) is 5.70 Å². The van der Waals surface area contributed by atoms with E-state index < -0.39 is 0 Å². The summed E-state index contributed by atoms with van der Waals surface area (Å²) in [5.74, 6) is 1.26. The van der Waals surface area contributed by atoms with E-state index in [1.54, 1.807) is 0 Å². The number of hydrogen-bond donors (Lipinski definition) is 1. The SMILES string of the molecule is CC(C)C1C=CC(Nc2ccccc2)=C1. The first kappa shape index (κ1) is 10.0. The second-order valence-corrected chi connectivity index (χ2v) is 4.29. The van der Waals surface area contributed by atoms with Crippen LogP contribution < -0.4 is 5.32 Å². The Morgan fingerprint density at radius 2 is 1.87 bits per heavy atom. The fourth-order valence-corrected chi connectivity index (χ4v) is 1.72. The highest BCUT2D eigenvalue weighted by Gasteiger charge is 2.12. The maximum atomic E-state index is 3.40. The fraction of sp³-hybridized carbons (Fsp3) is 0.286. The Labute approximate surface area is 91.5 Å². The monoisotopic (exact) mass is 199 g/mol. The first-order valence-electron chi connectivity index (χ1n) is 5.48. The number of nitrogens with one attached hydrogen (secondary N) is 1. The van der Waals surface area contributed by atoms with Crippen molar-refractivity contribution in [1.29, 1.82) is 0 Å². The molecule has 1 nitrogen and oxygen atoms in total. The lowest BCUT2D eigenvalue weighted by atomic mass is 9.98. The Kier molecular flexibility index (Phi) is 2.91. The highest BCUT2D eigenvalue weighted by Crippen LogP contribution is 2.23. The molecule has 0 spiro atoms. The third kappa shape index (κ3) is 2.50. The van der Waals surface area contributed by atoms with E-state index in [0.717, 1.165) is 5.69 Å². The van der Waals surface area contributed by atoms with Crippen LogP contribution in [-0.4, -0.2) is 0 Å². The van der Waals surface area contributed by atoms with E-state index >= 15 is 0 Å². The summed E-state index contributed by atoms with van der Waals surface area (Å²) in [6.45, 7) is 4.49. The van der Waals surface area contributed by atoms with E-state index in [9.17, 15) is 0 Å². The zero-order chi connectivity index (χ0) is 10.7. The molecule has 0 saturated heterocycles. The number of benzene rings is 1. The molecule has 0 aliphatic heterocycles. The maximum Gasteiger partial charge on any atom is 0.0384 e. The van der Waals surface area contributed by atoms with Crippen molar-refractivity contribution in [2.45, 2.75) is 13.8 Å². The number of hydrogen-bond acceptors (Lipinski definition) is 1. The van der Waals surface area contributed by atoms with Crippen LogP contribution in [0.3, 0.4) is 0 Å². The lowest BCUT2D eigenvalue weighted by Gasteiger charge is -2.09. The van der Waals surface area contributed by atoms with Gasteiger partial charge in [0.2, 0.25) is 0 Å². The van der Waals surface area contributed by atoms with Gasteiger partial charge in [0.1, 0.15) is 0 Å². The van der Waals surface area contributed by atoms with Crippen LogP contribution >= 0.6 is 0 Å². The van der Waals surface area contributed by atoms with Crippen LogP contribution in [0.5, 0.6) is 0 Å². The summed E-state index contributed by atoms with van der Waals surface area (Å²) >= 11 is 0. The zero-order valence-corrected chi connectivity index (χ0v) is 9.27. The minimum absolute atomic E-state index is 0.580. The van der Waals surface area contributed by atoms with Gasteiger partial charge in [-0.25, -0.2) is 0 Å². The van der Waals surface area contributed by atoms with Gasteiger partial charge in [-0.3, -0.25) is 0 Å². The zero-order valence-electron chi connectivity index (χ0n) is 9.27. The van der Waals surface area contributed by atoms with Gasteiger partial charge in [0.15, 0.2) is 0 Å². The Balaban J connectivity index is 2.04. The molecule has 0 saturated carbocycles. The summed E-state index contributed by atoms with van der Waals surface area (Å²) in [6, 6.07) is 10.3. The van der Waals surface area contributed by atoms with Crippen LogP contribution in [0, 0.1) is 11.8 Å². The number of para-hydroxylation sites is 1. The summed E-state index contributed by atoms with van der Waals surface area (Å²) in [5.41, 5.74) is 2.36. The van der Waals surface area contributed by atoms with Crippen molar-refractivity contribution in [2.24, 2.45) is 11.8 Å². The lowest BCUT2D eigenvalue weighted by molar-refractivity contribution is 0.554. The van der Waals surface area contributed by atoms with Crippen molar-refractivity contribution in [2.75, 3.05) is 5.32 Å². The molecule has 0 bridgehead atoms. The topological polar surface area (TPSA) is 12.0 Å². The first-order chi connectivity index (χ1) is 7.25. The van der Waals surface area contributed by atoms with Crippen LogP contribution in [0.1, 0.15) is 13.8 Å². The predicted octanol–water partition coefficient (Wildman–Crippen LogP) is 3.82. The average Bonchev–Trinajstić information content (AvgIpc) is 2.68. The van der Waals surface area contributed by atoms with E-state index in [4.69, 9.17) is 0 Å². The van der Waals surface area contributed by atoms with Crippen molar-refractivity contribution in [3.63, 3.8) is 0 Å². The summed E-state index contributed by atoms with van der Waals surface area (Å²) in [5, 5.41) is 3.40. The van der Waals surface area contributed by atoms with Crippen LogP contribution in [0.2, 0.25) is 0 Å². The van der Waals surface area contributed by atoms with E-state index in [1.807, 2.05) is 18.2 Å². The Bertz CT molecular complexity index is 374. The Hall–Kier alpha value is -1.50. The van der Waals surface area contributed by atoms with E-state index in [2.05, 4.69) is 49.5 Å². The molecule has 1 N–H and O–H groups in total. The predicted molar refractivity (Wildman–Crippen MR) is 65.6 cm³/mol. The number of rotatable bonds is 3. The Morgan fingerprint density at radius 3 is 2.47 bits per heavy atom. The Morgan fingerprint density at radius 1 is 1.13 bits per heavy atom. The maximum absolute atomic E-state index is 3.40. The second kappa shape index (κ2) is 4.35. The summed E-state index contributed by atoms with van der Waals surface area (Å²) in [4.78, 5) is 0. The smallest absolute Gasteiger partial charge is 0.0384 e. The molecular formula is C14H17N. The van der Waals surface area contributed by atoms with Crippen LogP contribution in [0.15, 0.2) is 54.3 Å². The van der Waals surface area contributed by atoms with Gasteiger partial charge in [-0.2, -0.15) is 0 Å². The second-order valence-electron chi connectivity index (χ2n) is 4.29. The normalized spacial score (nSPS) is 19.4. The van der Waals surface area contributed by atoms with E-state index in [0.29, 0.717) is 11.8 Å². The average molecular weight is 199 g/mol. The largest absolute Gasteiger partial charge is 0.356 e. The molecule has 1 aliphatic rings. The van der Waals surface area contributed by atoms with Crippen LogP contribution in [0.25, 0.3) is 0 Å². The molecule has 1 unspecified atom stereocenters. The van der Waals surface area contributed by atoms with Crippen molar-refractivity contribution in [3.05, 3.63) is 54.3 Å².